The lowest BCUT2D eigenvalue weighted by Crippen LogP contribution is -2.38. The molecule has 7 heteroatoms. The van der Waals surface area contributed by atoms with E-state index in [1.165, 1.54) is 0 Å². The van der Waals surface area contributed by atoms with Gasteiger partial charge in [0, 0.05) is 6.04 Å². The van der Waals surface area contributed by atoms with Gasteiger partial charge in [-0.3, -0.25) is 14.5 Å². The highest BCUT2D eigenvalue weighted by Gasteiger charge is 2.36. The largest absolute Gasteiger partial charge is 0.481 e. The summed E-state index contributed by atoms with van der Waals surface area (Å²) >= 11 is 12.0. The fourth-order valence-electron chi connectivity index (χ4n) is 2.54. The number of carbonyl (C=O) groups excluding carboxylic acids is 1. The minimum Gasteiger partial charge on any atom is -0.481 e. The number of nitrogens with one attached hydrogen (secondary N) is 1. The predicted molar refractivity (Wildman–Crippen MR) is 81.9 cm³/mol. The third-order valence-electron chi connectivity index (χ3n) is 3.78. The molecule has 0 spiro atoms. The maximum atomic E-state index is 12.1. The molecule has 2 unspecified atom stereocenters. The SMILES string of the molecule is CC1C(C(=O)O)CCN1CC(=O)Nc1c(Cl)cccc1Cl. The fourth-order valence-corrected chi connectivity index (χ4v) is 3.03. The highest BCUT2D eigenvalue weighted by Crippen LogP contribution is 2.30. The monoisotopic (exact) mass is 330 g/mol. The van der Waals surface area contributed by atoms with Gasteiger partial charge in [-0.1, -0.05) is 29.3 Å². The lowest BCUT2D eigenvalue weighted by Gasteiger charge is -2.22. The summed E-state index contributed by atoms with van der Waals surface area (Å²) in [6.07, 6.45) is 0.552. The second-order valence-corrected chi connectivity index (χ2v) is 5.90. The van der Waals surface area contributed by atoms with Gasteiger partial charge < -0.3 is 10.4 Å². The Hall–Kier alpha value is -1.30. The third kappa shape index (κ3) is 3.67. The van der Waals surface area contributed by atoms with Gasteiger partial charge in [-0.15, -0.1) is 0 Å². The van der Waals surface area contributed by atoms with Crippen LogP contribution in [0.3, 0.4) is 0 Å². The molecule has 1 aliphatic rings. The summed E-state index contributed by atoms with van der Waals surface area (Å²) in [5.41, 5.74) is 0.382. The Bertz CT molecular complexity index is 545. The summed E-state index contributed by atoms with van der Waals surface area (Å²) in [6, 6.07) is 4.81. The summed E-state index contributed by atoms with van der Waals surface area (Å²) in [5.74, 6) is -1.51. The molecule has 2 rings (SSSR count). The molecule has 0 bridgehead atoms. The van der Waals surface area contributed by atoms with E-state index >= 15 is 0 Å². The Kier molecular flexibility index (Phi) is 5.08. The Morgan fingerprint density at radius 3 is 2.52 bits per heavy atom. The van der Waals surface area contributed by atoms with Crippen LogP contribution in [0.1, 0.15) is 13.3 Å². The van der Waals surface area contributed by atoms with Crippen LogP contribution in [0.15, 0.2) is 18.2 Å². The van der Waals surface area contributed by atoms with E-state index in [1.807, 2.05) is 11.8 Å². The van der Waals surface area contributed by atoms with Crippen molar-refractivity contribution in [1.29, 1.82) is 0 Å². The molecule has 1 aliphatic heterocycles. The van der Waals surface area contributed by atoms with E-state index in [0.29, 0.717) is 28.7 Å². The normalized spacial score (nSPS) is 22.2. The highest BCUT2D eigenvalue weighted by atomic mass is 35.5. The summed E-state index contributed by atoms with van der Waals surface area (Å²) in [5, 5.41) is 12.5. The summed E-state index contributed by atoms with van der Waals surface area (Å²) in [4.78, 5) is 25.0. The van der Waals surface area contributed by atoms with E-state index in [0.717, 1.165) is 0 Å². The van der Waals surface area contributed by atoms with Crippen LogP contribution in [0.5, 0.6) is 0 Å². The zero-order valence-electron chi connectivity index (χ0n) is 11.5. The summed E-state index contributed by atoms with van der Waals surface area (Å²) < 4.78 is 0. The molecule has 0 saturated carbocycles. The molecule has 1 amide bonds. The minimum atomic E-state index is -0.820. The third-order valence-corrected chi connectivity index (χ3v) is 4.41. The van der Waals surface area contributed by atoms with Crippen LogP contribution < -0.4 is 5.32 Å². The van der Waals surface area contributed by atoms with E-state index in [9.17, 15) is 9.59 Å². The second kappa shape index (κ2) is 6.64. The maximum absolute atomic E-state index is 12.1. The molecular weight excluding hydrogens is 315 g/mol. The van der Waals surface area contributed by atoms with Crippen molar-refractivity contribution in [3.63, 3.8) is 0 Å². The van der Waals surface area contributed by atoms with Gasteiger partial charge in [0.1, 0.15) is 0 Å². The van der Waals surface area contributed by atoms with Crippen molar-refractivity contribution >= 4 is 40.8 Å². The Morgan fingerprint density at radius 2 is 2.00 bits per heavy atom. The zero-order chi connectivity index (χ0) is 15.6. The number of benzene rings is 1. The Balaban J connectivity index is 1.98. The van der Waals surface area contributed by atoms with Crippen molar-refractivity contribution in [3.8, 4) is 0 Å². The number of nitrogens with zero attached hydrogens (tertiary/aromatic N) is 1. The van der Waals surface area contributed by atoms with Crippen LogP contribution in [0.25, 0.3) is 0 Å². The number of likely N-dealkylation sites (tertiary alicyclic amines) is 1. The average Bonchev–Trinajstić information content (AvgIpc) is 2.76. The first-order valence-electron chi connectivity index (χ1n) is 6.61. The first kappa shape index (κ1) is 16.1. The molecule has 21 heavy (non-hydrogen) atoms. The van der Waals surface area contributed by atoms with E-state index in [2.05, 4.69) is 5.32 Å². The van der Waals surface area contributed by atoms with Crippen molar-refractivity contribution in [2.24, 2.45) is 5.92 Å². The topological polar surface area (TPSA) is 69.6 Å². The number of carboxylic acid groups (broad SMARTS) is 1. The minimum absolute atomic E-state index is 0.118. The number of para-hydroxylation sites is 1. The molecular formula is C14H16Cl2N2O3. The summed E-state index contributed by atoms with van der Waals surface area (Å²) in [6.45, 7) is 2.52. The maximum Gasteiger partial charge on any atom is 0.308 e. The van der Waals surface area contributed by atoms with Crippen molar-refractivity contribution in [3.05, 3.63) is 28.2 Å². The fraction of sp³-hybridized carbons (Fsp3) is 0.429. The van der Waals surface area contributed by atoms with Gasteiger partial charge in [0.2, 0.25) is 5.91 Å². The van der Waals surface area contributed by atoms with Gasteiger partial charge in [-0.05, 0) is 32.0 Å². The number of carboxylic acids is 1. The van der Waals surface area contributed by atoms with Gasteiger partial charge in [-0.25, -0.2) is 0 Å². The van der Waals surface area contributed by atoms with Gasteiger partial charge in [-0.2, -0.15) is 0 Å². The van der Waals surface area contributed by atoms with Crippen molar-refractivity contribution in [2.45, 2.75) is 19.4 Å². The highest BCUT2D eigenvalue weighted by molar-refractivity contribution is 6.39. The number of aliphatic carboxylic acids is 1. The van der Waals surface area contributed by atoms with Crippen LogP contribution in [0, 0.1) is 5.92 Å². The lowest BCUT2D eigenvalue weighted by atomic mass is 10.0. The molecule has 0 aliphatic carbocycles. The predicted octanol–water partition coefficient (Wildman–Crippen LogP) is 2.73. The molecule has 2 N–H and O–H groups in total. The number of halogens is 2. The number of carbonyl (C=O) groups is 2. The molecule has 0 radical (unpaired) electrons. The molecule has 5 nitrogen and oxygen atoms in total. The van der Waals surface area contributed by atoms with E-state index in [1.54, 1.807) is 18.2 Å². The van der Waals surface area contributed by atoms with Crippen molar-refractivity contribution in [2.75, 3.05) is 18.4 Å². The van der Waals surface area contributed by atoms with Crippen LogP contribution >= 0.6 is 23.2 Å². The molecule has 114 valence electrons. The number of amides is 1. The van der Waals surface area contributed by atoms with Crippen LogP contribution in [-0.2, 0) is 9.59 Å². The Labute approximate surface area is 132 Å². The average molecular weight is 331 g/mol. The zero-order valence-corrected chi connectivity index (χ0v) is 13.0. The van der Waals surface area contributed by atoms with Crippen molar-refractivity contribution < 1.29 is 14.7 Å². The van der Waals surface area contributed by atoms with Gasteiger partial charge >= 0.3 is 5.97 Å². The molecule has 1 aromatic rings. The van der Waals surface area contributed by atoms with Crippen LogP contribution in [0.4, 0.5) is 5.69 Å². The number of hydrogen-bond donors (Lipinski definition) is 2. The lowest BCUT2D eigenvalue weighted by molar-refractivity contribution is -0.142. The van der Waals surface area contributed by atoms with Gasteiger partial charge in [0.15, 0.2) is 0 Å². The summed E-state index contributed by atoms with van der Waals surface area (Å²) in [7, 11) is 0. The van der Waals surface area contributed by atoms with Crippen LogP contribution in [-0.4, -0.2) is 41.0 Å². The van der Waals surface area contributed by atoms with E-state index in [-0.39, 0.29) is 18.5 Å². The van der Waals surface area contributed by atoms with Gasteiger partial charge in [0.05, 0.1) is 28.2 Å². The van der Waals surface area contributed by atoms with Crippen molar-refractivity contribution in [1.82, 2.24) is 4.90 Å². The standard InChI is InChI=1S/C14H16Cl2N2O3/c1-8-9(14(20)21)5-6-18(8)7-12(19)17-13-10(15)3-2-4-11(13)16/h2-4,8-9H,5-7H2,1H3,(H,17,19)(H,20,21). The number of hydrogen-bond acceptors (Lipinski definition) is 3. The van der Waals surface area contributed by atoms with Gasteiger partial charge in [0.25, 0.3) is 0 Å². The Morgan fingerprint density at radius 1 is 1.38 bits per heavy atom. The number of anilines is 1. The van der Waals surface area contributed by atoms with E-state index in [4.69, 9.17) is 28.3 Å². The molecule has 1 heterocycles. The smallest absolute Gasteiger partial charge is 0.308 e. The molecule has 2 atom stereocenters. The molecule has 1 saturated heterocycles. The second-order valence-electron chi connectivity index (χ2n) is 5.09. The quantitative estimate of drug-likeness (QED) is 0.890. The molecule has 1 fully saturated rings. The van der Waals surface area contributed by atoms with Crippen LogP contribution in [0.2, 0.25) is 10.0 Å². The first-order valence-corrected chi connectivity index (χ1v) is 7.36. The molecule has 0 aromatic heterocycles. The number of rotatable bonds is 4. The first-order chi connectivity index (χ1) is 9.90. The van der Waals surface area contributed by atoms with E-state index < -0.39 is 11.9 Å². The molecule has 1 aromatic carbocycles.